The molecule has 0 spiro atoms. The zero-order valence-electron chi connectivity index (χ0n) is 12.6. The molecule has 2 aromatic rings. The number of hydrogen-bond donors (Lipinski definition) is 1. The van der Waals surface area contributed by atoms with E-state index in [1.165, 1.54) is 28.3 Å². The van der Waals surface area contributed by atoms with E-state index in [0.717, 1.165) is 6.54 Å². The highest BCUT2D eigenvalue weighted by atomic mass is 19.1. The normalized spacial score (nSPS) is 12.4. The van der Waals surface area contributed by atoms with Crippen LogP contribution in [0.3, 0.4) is 0 Å². The molecule has 0 aromatic heterocycles. The van der Waals surface area contributed by atoms with Gasteiger partial charge < -0.3 is 5.32 Å². The van der Waals surface area contributed by atoms with Gasteiger partial charge in [-0.25, -0.2) is 4.39 Å². The molecule has 0 saturated carbocycles. The van der Waals surface area contributed by atoms with Crippen molar-refractivity contribution in [1.82, 2.24) is 5.32 Å². The van der Waals surface area contributed by atoms with Gasteiger partial charge in [-0.15, -0.1) is 0 Å². The maximum atomic E-state index is 14.2. The first-order chi connectivity index (χ1) is 9.54. The standard InChI is InChI=1S/C18H22FN/c1-5-20-18(15-8-6-7-9-16(15)19)17-13(3)10-12(2)11-14(17)4/h6-11,18,20H,5H2,1-4H3. The zero-order valence-corrected chi connectivity index (χ0v) is 12.6. The topological polar surface area (TPSA) is 12.0 Å². The molecule has 0 amide bonds. The summed E-state index contributed by atoms with van der Waals surface area (Å²) in [7, 11) is 0. The Bertz CT molecular complexity index is 581. The van der Waals surface area contributed by atoms with Gasteiger partial charge in [-0.3, -0.25) is 0 Å². The van der Waals surface area contributed by atoms with E-state index in [-0.39, 0.29) is 11.9 Å². The van der Waals surface area contributed by atoms with Gasteiger partial charge in [0.15, 0.2) is 0 Å². The maximum absolute atomic E-state index is 14.2. The Labute approximate surface area is 120 Å². The van der Waals surface area contributed by atoms with Crippen LogP contribution in [-0.2, 0) is 0 Å². The summed E-state index contributed by atoms with van der Waals surface area (Å²) in [5.74, 6) is -0.155. The van der Waals surface area contributed by atoms with Crippen LogP contribution in [0, 0.1) is 26.6 Å². The van der Waals surface area contributed by atoms with Gasteiger partial charge in [-0.2, -0.15) is 0 Å². The molecule has 0 aliphatic heterocycles. The zero-order chi connectivity index (χ0) is 14.7. The molecule has 1 N–H and O–H groups in total. The molecule has 1 unspecified atom stereocenters. The average molecular weight is 271 g/mol. The molecule has 106 valence electrons. The smallest absolute Gasteiger partial charge is 0.128 e. The summed E-state index contributed by atoms with van der Waals surface area (Å²) < 4.78 is 14.2. The first kappa shape index (κ1) is 14.7. The Morgan fingerprint density at radius 1 is 1.05 bits per heavy atom. The second kappa shape index (κ2) is 6.19. The van der Waals surface area contributed by atoms with E-state index in [0.29, 0.717) is 5.56 Å². The van der Waals surface area contributed by atoms with Gasteiger partial charge in [0.25, 0.3) is 0 Å². The van der Waals surface area contributed by atoms with Gasteiger partial charge in [0, 0.05) is 5.56 Å². The highest BCUT2D eigenvalue weighted by molar-refractivity contribution is 5.44. The molecule has 0 aliphatic rings. The second-order valence-corrected chi connectivity index (χ2v) is 5.32. The summed E-state index contributed by atoms with van der Waals surface area (Å²) in [6.45, 7) is 9.13. The molecule has 0 aliphatic carbocycles. The molecule has 1 nitrogen and oxygen atoms in total. The van der Waals surface area contributed by atoms with Gasteiger partial charge in [-0.1, -0.05) is 42.8 Å². The minimum atomic E-state index is -0.155. The molecule has 2 heteroatoms. The summed E-state index contributed by atoms with van der Waals surface area (Å²) >= 11 is 0. The van der Waals surface area contributed by atoms with Gasteiger partial charge in [0.1, 0.15) is 5.82 Å². The van der Waals surface area contributed by atoms with Crippen molar-refractivity contribution in [3.8, 4) is 0 Å². The molecule has 0 fully saturated rings. The van der Waals surface area contributed by atoms with Crippen LogP contribution in [0.15, 0.2) is 36.4 Å². The van der Waals surface area contributed by atoms with Gasteiger partial charge >= 0.3 is 0 Å². The summed E-state index contributed by atoms with van der Waals surface area (Å²) in [6.07, 6.45) is 0. The average Bonchev–Trinajstić information content (AvgIpc) is 2.37. The molecule has 2 rings (SSSR count). The van der Waals surface area contributed by atoms with Crippen molar-refractivity contribution in [1.29, 1.82) is 0 Å². The summed E-state index contributed by atoms with van der Waals surface area (Å²) in [5.41, 5.74) is 5.55. The minimum absolute atomic E-state index is 0.0956. The molecular weight excluding hydrogens is 249 g/mol. The lowest BCUT2D eigenvalue weighted by atomic mass is 9.89. The molecule has 20 heavy (non-hydrogen) atoms. The molecule has 2 aromatic carbocycles. The fourth-order valence-corrected chi connectivity index (χ4v) is 2.93. The predicted molar refractivity (Wildman–Crippen MR) is 82.6 cm³/mol. The third-order valence-corrected chi connectivity index (χ3v) is 3.65. The summed E-state index contributed by atoms with van der Waals surface area (Å²) in [4.78, 5) is 0. The number of hydrogen-bond acceptors (Lipinski definition) is 1. The van der Waals surface area contributed by atoms with Crippen LogP contribution in [0.2, 0.25) is 0 Å². The SMILES string of the molecule is CCNC(c1ccccc1F)c1c(C)cc(C)cc1C. The third-order valence-electron chi connectivity index (χ3n) is 3.65. The monoisotopic (exact) mass is 271 g/mol. The number of aryl methyl sites for hydroxylation is 3. The summed E-state index contributed by atoms with van der Waals surface area (Å²) in [6, 6.07) is 11.2. The van der Waals surface area contributed by atoms with Crippen molar-refractivity contribution < 1.29 is 4.39 Å². The maximum Gasteiger partial charge on any atom is 0.128 e. The molecule has 0 radical (unpaired) electrons. The fourth-order valence-electron chi connectivity index (χ4n) is 2.93. The van der Waals surface area contributed by atoms with E-state index < -0.39 is 0 Å². The molecule has 1 atom stereocenters. The predicted octanol–water partition coefficient (Wildman–Crippen LogP) is 4.45. The first-order valence-corrected chi connectivity index (χ1v) is 7.10. The highest BCUT2D eigenvalue weighted by Crippen LogP contribution is 2.30. The van der Waals surface area contributed by atoms with Crippen LogP contribution in [0.25, 0.3) is 0 Å². The van der Waals surface area contributed by atoms with Crippen LogP contribution in [0.1, 0.15) is 40.8 Å². The van der Waals surface area contributed by atoms with Gasteiger partial charge in [0.2, 0.25) is 0 Å². The summed E-state index contributed by atoms with van der Waals surface area (Å²) in [5, 5.41) is 3.42. The van der Waals surface area contributed by atoms with Crippen LogP contribution < -0.4 is 5.32 Å². The van der Waals surface area contributed by atoms with E-state index in [9.17, 15) is 4.39 Å². The van der Waals surface area contributed by atoms with Crippen molar-refractivity contribution in [2.75, 3.05) is 6.54 Å². The molecule has 0 bridgehead atoms. The fraction of sp³-hybridized carbons (Fsp3) is 0.333. The van der Waals surface area contributed by atoms with E-state index >= 15 is 0 Å². The number of benzene rings is 2. The lowest BCUT2D eigenvalue weighted by molar-refractivity contribution is 0.556. The van der Waals surface area contributed by atoms with E-state index in [1.54, 1.807) is 6.07 Å². The second-order valence-electron chi connectivity index (χ2n) is 5.32. The largest absolute Gasteiger partial charge is 0.306 e. The van der Waals surface area contributed by atoms with Crippen molar-refractivity contribution in [2.45, 2.75) is 33.7 Å². The Kier molecular flexibility index (Phi) is 4.56. The Morgan fingerprint density at radius 3 is 2.20 bits per heavy atom. The Balaban J connectivity index is 2.58. The molecule has 0 heterocycles. The van der Waals surface area contributed by atoms with E-state index in [4.69, 9.17) is 0 Å². The quantitative estimate of drug-likeness (QED) is 0.866. The lowest BCUT2D eigenvalue weighted by Crippen LogP contribution is -2.24. The minimum Gasteiger partial charge on any atom is -0.306 e. The van der Waals surface area contributed by atoms with Crippen LogP contribution in [0.4, 0.5) is 4.39 Å². The number of rotatable bonds is 4. The molecule has 0 saturated heterocycles. The highest BCUT2D eigenvalue weighted by Gasteiger charge is 2.20. The first-order valence-electron chi connectivity index (χ1n) is 7.10. The van der Waals surface area contributed by atoms with Crippen LogP contribution in [-0.4, -0.2) is 6.54 Å². The molecular formula is C18H22FN. The lowest BCUT2D eigenvalue weighted by Gasteiger charge is -2.24. The van der Waals surface area contributed by atoms with Gasteiger partial charge in [0.05, 0.1) is 6.04 Å². The van der Waals surface area contributed by atoms with Crippen LogP contribution in [0.5, 0.6) is 0 Å². The Morgan fingerprint density at radius 2 is 1.65 bits per heavy atom. The number of halogens is 1. The van der Waals surface area contributed by atoms with E-state index in [2.05, 4.69) is 38.2 Å². The third kappa shape index (κ3) is 2.91. The van der Waals surface area contributed by atoms with Crippen molar-refractivity contribution in [3.05, 3.63) is 70.0 Å². The van der Waals surface area contributed by atoms with E-state index in [1.807, 2.05) is 19.1 Å². The van der Waals surface area contributed by atoms with Crippen molar-refractivity contribution in [3.63, 3.8) is 0 Å². The van der Waals surface area contributed by atoms with Gasteiger partial charge in [-0.05, 0) is 50.1 Å². The van der Waals surface area contributed by atoms with Crippen LogP contribution >= 0.6 is 0 Å². The number of nitrogens with one attached hydrogen (secondary N) is 1. The van der Waals surface area contributed by atoms with Crippen molar-refractivity contribution >= 4 is 0 Å². The Hall–Kier alpha value is -1.67. The van der Waals surface area contributed by atoms with Crippen molar-refractivity contribution in [2.24, 2.45) is 0 Å².